The normalized spacial score (nSPS) is 11.4. The molecule has 1 atom stereocenters. The van der Waals surface area contributed by atoms with Crippen LogP contribution in [0, 0.1) is 10.1 Å². The molecule has 0 unspecified atom stereocenters. The lowest BCUT2D eigenvalue weighted by atomic mass is 10.0. The number of ketones is 1. The van der Waals surface area contributed by atoms with Crippen LogP contribution in [-0.4, -0.2) is 34.3 Å². The van der Waals surface area contributed by atoms with Crippen molar-refractivity contribution in [2.24, 2.45) is 5.73 Å². The monoisotopic (exact) mass is 478 g/mol. The summed E-state index contributed by atoms with van der Waals surface area (Å²) in [6.07, 6.45) is -0.0494. The highest BCUT2D eigenvalue weighted by Gasteiger charge is 2.18. The highest BCUT2D eigenvalue weighted by atomic mass is 32.1. The predicted molar refractivity (Wildman–Crippen MR) is 132 cm³/mol. The Labute approximate surface area is 200 Å². The molecule has 174 valence electrons. The van der Waals surface area contributed by atoms with Crippen LogP contribution in [0.3, 0.4) is 0 Å². The lowest BCUT2D eigenvalue weighted by molar-refractivity contribution is -0.384. The van der Waals surface area contributed by atoms with Crippen LogP contribution < -0.4 is 16.4 Å². The van der Waals surface area contributed by atoms with Gasteiger partial charge in [0.15, 0.2) is 5.78 Å². The summed E-state index contributed by atoms with van der Waals surface area (Å²) in [5.41, 5.74) is 7.39. The number of carbonyl (C=O) groups is 3. The topological polar surface area (TPSA) is 144 Å². The highest BCUT2D eigenvalue weighted by molar-refractivity contribution is 7.80. The fourth-order valence-corrected chi connectivity index (χ4v) is 3.26. The fourth-order valence-electron chi connectivity index (χ4n) is 3.10. The Kier molecular flexibility index (Phi) is 8.12. The molecule has 0 aromatic heterocycles. The number of nitro benzene ring substituents is 1. The first-order valence-electron chi connectivity index (χ1n) is 10.2. The van der Waals surface area contributed by atoms with Gasteiger partial charge in [-0.25, -0.2) is 0 Å². The largest absolute Gasteiger partial charge is 0.325 e. The maximum Gasteiger partial charge on any atom is 0.269 e. The Hall–Kier alpha value is -4.02. The SMILES string of the molecule is N[C@@H](CS)C(=O)Nc1ccc(NC(=O)Cc2ccc([N+](=O)[O-])cc2)c(C(=O)c2ccccc2)c1. The molecule has 0 radical (unpaired) electrons. The molecule has 34 heavy (non-hydrogen) atoms. The first-order valence-corrected chi connectivity index (χ1v) is 10.9. The summed E-state index contributed by atoms with van der Waals surface area (Å²) in [4.78, 5) is 48.2. The Balaban J connectivity index is 1.85. The van der Waals surface area contributed by atoms with Crippen molar-refractivity contribution in [1.82, 2.24) is 0 Å². The Morgan fingerprint density at radius 1 is 0.971 bits per heavy atom. The number of nitrogens with one attached hydrogen (secondary N) is 2. The van der Waals surface area contributed by atoms with Crippen molar-refractivity contribution in [2.45, 2.75) is 12.5 Å². The molecule has 0 aliphatic rings. The van der Waals surface area contributed by atoms with Crippen LogP contribution in [0.4, 0.5) is 17.1 Å². The molecule has 0 bridgehead atoms. The fraction of sp³-hybridized carbons (Fsp3) is 0.125. The van der Waals surface area contributed by atoms with E-state index in [-0.39, 0.29) is 34.9 Å². The third kappa shape index (κ3) is 6.27. The number of nitrogens with two attached hydrogens (primary N) is 1. The molecular weight excluding hydrogens is 456 g/mol. The number of thiol groups is 1. The van der Waals surface area contributed by atoms with Crippen LogP contribution in [-0.2, 0) is 16.0 Å². The zero-order chi connectivity index (χ0) is 24.7. The second-order valence-electron chi connectivity index (χ2n) is 7.38. The van der Waals surface area contributed by atoms with Gasteiger partial charge in [-0.3, -0.25) is 24.5 Å². The average molecular weight is 479 g/mol. The van der Waals surface area contributed by atoms with Crippen LogP contribution in [0.15, 0.2) is 72.8 Å². The van der Waals surface area contributed by atoms with Gasteiger partial charge in [0.25, 0.3) is 5.69 Å². The lowest BCUT2D eigenvalue weighted by Crippen LogP contribution is -2.37. The number of hydrogen-bond acceptors (Lipinski definition) is 7. The van der Waals surface area contributed by atoms with Gasteiger partial charge in [0.05, 0.1) is 23.1 Å². The van der Waals surface area contributed by atoms with Gasteiger partial charge < -0.3 is 16.4 Å². The lowest BCUT2D eigenvalue weighted by Gasteiger charge is -2.15. The highest BCUT2D eigenvalue weighted by Crippen LogP contribution is 2.24. The minimum atomic E-state index is -0.822. The van der Waals surface area contributed by atoms with Crippen LogP contribution in [0.1, 0.15) is 21.5 Å². The zero-order valence-corrected chi connectivity index (χ0v) is 18.8. The maximum atomic E-state index is 13.2. The van der Waals surface area contributed by atoms with Gasteiger partial charge in [0.1, 0.15) is 0 Å². The molecular formula is C24H22N4O5S. The molecule has 10 heteroatoms. The van der Waals surface area contributed by atoms with Crippen LogP contribution in [0.5, 0.6) is 0 Å². The van der Waals surface area contributed by atoms with Gasteiger partial charge in [-0.15, -0.1) is 0 Å². The summed E-state index contributed by atoms with van der Waals surface area (Å²) in [6.45, 7) is 0. The third-order valence-electron chi connectivity index (χ3n) is 4.89. The number of rotatable bonds is 9. The van der Waals surface area contributed by atoms with E-state index >= 15 is 0 Å². The Morgan fingerprint density at radius 2 is 1.65 bits per heavy atom. The van der Waals surface area contributed by atoms with E-state index in [2.05, 4.69) is 23.3 Å². The molecule has 3 aromatic rings. The number of benzene rings is 3. The molecule has 2 amide bonds. The molecule has 3 aromatic carbocycles. The van der Waals surface area contributed by atoms with Crippen molar-refractivity contribution >= 4 is 47.3 Å². The van der Waals surface area contributed by atoms with Crippen molar-refractivity contribution in [3.63, 3.8) is 0 Å². The number of carbonyl (C=O) groups excluding carboxylic acids is 3. The van der Waals surface area contributed by atoms with E-state index < -0.39 is 22.8 Å². The number of hydrogen-bond donors (Lipinski definition) is 4. The van der Waals surface area contributed by atoms with E-state index in [4.69, 9.17) is 5.73 Å². The van der Waals surface area contributed by atoms with Gasteiger partial charge in [0.2, 0.25) is 11.8 Å². The standard InChI is InChI=1S/C24H22N4O5S/c25-20(14-34)24(31)26-17-8-11-21(19(13-17)23(30)16-4-2-1-3-5-16)27-22(29)12-15-6-9-18(10-7-15)28(32)33/h1-11,13,20,34H,12,14,25H2,(H,26,31)(H,27,29)/t20-/m0/s1. The Bertz CT molecular complexity index is 1220. The first-order chi connectivity index (χ1) is 16.3. The van der Waals surface area contributed by atoms with E-state index in [1.165, 1.54) is 36.4 Å². The summed E-state index contributed by atoms with van der Waals surface area (Å²) >= 11 is 4.01. The smallest absolute Gasteiger partial charge is 0.269 e. The van der Waals surface area contributed by atoms with Crippen molar-refractivity contribution < 1.29 is 19.3 Å². The molecule has 0 aliphatic carbocycles. The minimum Gasteiger partial charge on any atom is -0.325 e. The second-order valence-corrected chi connectivity index (χ2v) is 7.75. The quantitative estimate of drug-likeness (QED) is 0.161. The number of nitrogens with zero attached hydrogens (tertiary/aromatic N) is 1. The van der Waals surface area contributed by atoms with Crippen LogP contribution in [0.25, 0.3) is 0 Å². The van der Waals surface area contributed by atoms with Gasteiger partial charge in [-0.1, -0.05) is 42.5 Å². The van der Waals surface area contributed by atoms with E-state index in [1.807, 2.05) is 0 Å². The van der Waals surface area contributed by atoms with E-state index in [0.29, 0.717) is 16.8 Å². The number of amides is 2. The molecule has 0 saturated heterocycles. The van der Waals surface area contributed by atoms with Crippen LogP contribution >= 0.6 is 12.6 Å². The van der Waals surface area contributed by atoms with Crippen molar-refractivity contribution in [3.8, 4) is 0 Å². The van der Waals surface area contributed by atoms with Gasteiger partial charge in [-0.05, 0) is 23.8 Å². The number of anilines is 2. The molecule has 4 N–H and O–H groups in total. The molecule has 0 spiro atoms. The second kappa shape index (κ2) is 11.2. The summed E-state index contributed by atoms with van der Waals surface area (Å²) in [7, 11) is 0. The Morgan fingerprint density at radius 3 is 2.26 bits per heavy atom. The van der Waals surface area contributed by atoms with Gasteiger partial charge >= 0.3 is 0 Å². The summed E-state index contributed by atoms with van der Waals surface area (Å²) < 4.78 is 0. The number of non-ortho nitro benzene ring substituents is 1. The first kappa shape index (κ1) is 24.6. The third-order valence-corrected chi connectivity index (χ3v) is 5.28. The summed E-state index contributed by atoms with van der Waals surface area (Å²) in [6, 6.07) is 17.9. The van der Waals surface area contributed by atoms with Crippen molar-refractivity contribution in [3.05, 3.63) is 99.6 Å². The van der Waals surface area contributed by atoms with Crippen molar-refractivity contribution in [1.29, 1.82) is 0 Å². The van der Waals surface area contributed by atoms with Crippen LogP contribution in [0.2, 0.25) is 0 Å². The molecule has 0 heterocycles. The zero-order valence-electron chi connectivity index (χ0n) is 17.9. The van der Waals surface area contributed by atoms with Gasteiger partial charge in [0, 0.05) is 34.7 Å². The average Bonchev–Trinajstić information content (AvgIpc) is 2.84. The van der Waals surface area contributed by atoms with E-state index in [0.717, 1.165) is 0 Å². The maximum absolute atomic E-state index is 13.2. The molecule has 0 aliphatic heterocycles. The minimum absolute atomic E-state index is 0.0494. The van der Waals surface area contributed by atoms with E-state index in [1.54, 1.807) is 36.4 Å². The summed E-state index contributed by atoms with van der Waals surface area (Å²) in [5, 5.41) is 16.2. The molecule has 0 fully saturated rings. The molecule has 3 rings (SSSR count). The number of nitro groups is 1. The molecule has 0 saturated carbocycles. The van der Waals surface area contributed by atoms with Crippen molar-refractivity contribution in [2.75, 3.05) is 16.4 Å². The predicted octanol–water partition coefficient (Wildman–Crippen LogP) is 3.20. The molecule has 9 nitrogen and oxygen atoms in total. The van der Waals surface area contributed by atoms with Gasteiger partial charge in [-0.2, -0.15) is 12.6 Å². The summed E-state index contributed by atoms with van der Waals surface area (Å²) in [5.74, 6) is -1.06. The van der Waals surface area contributed by atoms with E-state index in [9.17, 15) is 24.5 Å².